The van der Waals surface area contributed by atoms with Crippen LogP contribution in [-0.2, 0) is 4.74 Å². The second-order valence-corrected chi connectivity index (χ2v) is 6.41. The third-order valence-electron chi connectivity index (χ3n) is 3.00. The van der Waals surface area contributed by atoms with Gasteiger partial charge in [0.2, 0.25) is 5.76 Å². The fourth-order valence-corrected chi connectivity index (χ4v) is 2.44. The standard InChI is InChI=1S/C15H25NO3/c1-10(9-15(2,3)4)8-11(16)12-6-7-13(19-12)14(17)18-5/h6-7,10-11H,8-9,16H2,1-5H3. The van der Waals surface area contributed by atoms with Crippen LogP contribution in [0.1, 0.15) is 62.9 Å². The summed E-state index contributed by atoms with van der Waals surface area (Å²) in [4.78, 5) is 11.3. The Morgan fingerprint density at radius 1 is 1.42 bits per heavy atom. The molecule has 1 heterocycles. The van der Waals surface area contributed by atoms with Crippen molar-refractivity contribution < 1.29 is 13.9 Å². The van der Waals surface area contributed by atoms with Gasteiger partial charge in [-0.15, -0.1) is 0 Å². The molecule has 1 aromatic heterocycles. The van der Waals surface area contributed by atoms with Crippen molar-refractivity contribution in [3.8, 4) is 0 Å². The molecule has 0 saturated carbocycles. The maximum Gasteiger partial charge on any atom is 0.373 e. The first kappa shape index (κ1) is 15.8. The lowest BCUT2D eigenvalue weighted by atomic mass is 9.83. The zero-order valence-corrected chi connectivity index (χ0v) is 12.5. The highest BCUT2D eigenvalue weighted by molar-refractivity contribution is 5.86. The van der Waals surface area contributed by atoms with Crippen LogP contribution in [0.2, 0.25) is 0 Å². The predicted molar refractivity (Wildman–Crippen MR) is 74.8 cm³/mol. The molecule has 1 rings (SSSR count). The highest BCUT2D eigenvalue weighted by atomic mass is 16.5. The molecule has 2 atom stereocenters. The van der Waals surface area contributed by atoms with E-state index < -0.39 is 5.97 Å². The lowest BCUT2D eigenvalue weighted by Gasteiger charge is -2.24. The largest absolute Gasteiger partial charge is 0.463 e. The molecule has 1 aromatic rings. The molecule has 0 bridgehead atoms. The van der Waals surface area contributed by atoms with E-state index in [1.54, 1.807) is 12.1 Å². The molecule has 0 aromatic carbocycles. The Labute approximate surface area is 115 Å². The third kappa shape index (κ3) is 5.07. The molecule has 0 aliphatic carbocycles. The summed E-state index contributed by atoms with van der Waals surface area (Å²) in [5.41, 5.74) is 6.41. The fraction of sp³-hybridized carbons (Fsp3) is 0.667. The van der Waals surface area contributed by atoms with E-state index in [-0.39, 0.29) is 11.8 Å². The Bertz CT molecular complexity index is 417. The quantitative estimate of drug-likeness (QED) is 0.829. The van der Waals surface area contributed by atoms with Crippen LogP contribution in [0.3, 0.4) is 0 Å². The molecule has 0 fully saturated rings. The summed E-state index contributed by atoms with van der Waals surface area (Å²) < 4.78 is 10.0. The third-order valence-corrected chi connectivity index (χ3v) is 3.00. The van der Waals surface area contributed by atoms with E-state index in [9.17, 15) is 4.79 Å². The highest BCUT2D eigenvalue weighted by Gasteiger charge is 2.21. The first-order valence-electron chi connectivity index (χ1n) is 6.66. The van der Waals surface area contributed by atoms with Gasteiger partial charge < -0.3 is 14.9 Å². The van der Waals surface area contributed by atoms with E-state index in [0.717, 1.165) is 12.8 Å². The van der Waals surface area contributed by atoms with Crippen LogP contribution in [-0.4, -0.2) is 13.1 Å². The van der Waals surface area contributed by atoms with Crippen LogP contribution < -0.4 is 5.73 Å². The zero-order valence-electron chi connectivity index (χ0n) is 12.5. The van der Waals surface area contributed by atoms with Gasteiger partial charge in [-0.05, 0) is 36.3 Å². The predicted octanol–water partition coefficient (Wildman–Crippen LogP) is 3.53. The number of rotatable bonds is 5. The Morgan fingerprint density at radius 3 is 2.58 bits per heavy atom. The SMILES string of the molecule is COC(=O)c1ccc(C(N)CC(C)CC(C)(C)C)o1. The zero-order chi connectivity index (χ0) is 14.6. The van der Waals surface area contributed by atoms with Crippen molar-refractivity contribution >= 4 is 5.97 Å². The lowest BCUT2D eigenvalue weighted by molar-refractivity contribution is 0.0562. The number of carbonyl (C=O) groups is 1. The molecule has 2 unspecified atom stereocenters. The fourth-order valence-electron chi connectivity index (χ4n) is 2.44. The van der Waals surface area contributed by atoms with E-state index in [1.807, 2.05) is 0 Å². The summed E-state index contributed by atoms with van der Waals surface area (Å²) in [6, 6.07) is 3.17. The molecular weight excluding hydrogens is 242 g/mol. The first-order valence-corrected chi connectivity index (χ1v) is 6.66. The minimum absolute atomic E-state index is 0.184. The minimum Gasteiger partial charge on any atom is -0.463 e. The van der Waals surface area contributed by atoms with E-state index in [0.29, 0.717) is 17.1 Å². The number of hydrogen-bond donors (Lipinski definition) is 1. The van der Waals surface area contributed by atoms with Crippen molar-refractivity contribution in [2.45, 2.75) is 46.6 Å². The Balaban J connectivity index is 2.60. The molecule has 0 amide bonds. The van der Waals surface area contributed by atoms with Gasteiger partial charge in [0.1, 0.15) is 5.76 Å². The van der Waals surface area contributed by atoms with Crippen LogP contribution in [0, 0.1) is 11.3 Å². The Morgan fingerprint density at radius 2 is 2.05 bits per heavy atom. The summed E-state index contributed by atoms with van der Waals surface area (Å²) >= 11 is 0. The average molecular weight is 267 g/mol. The first-order chi connectivity index (χ1) is 8.73. The van der Waals surface area contributed by atoms with Gasteiger partial charge in [0.25, 0.3) is 0 Å². The number of nitrogens with two attached hydrogens (primary N) is 1. The smallest absolute Gasteiger partial charge is 0.373 e. The monoisotopic (exact) mass is 267 g/mol. The summed E-state index contributed by atoms with van der Waals surface area (Å²) in [6.07, 6.45) is 1.94. The van der Waals surface area contributed by atoms with Gasteiger partial charge in [0, 0.05) is 0 Å². The van der Waals surface area contributed by atoms with Gasteiger partial charge >= 0.3 is 5.97 Å². The second kappa shape index (κ2) is 6.24. The van der Waals surface area contributed by atoms with Crippen LogP contribution in [0.15, 0.2) is 16.5 Å². The van der Waals surface area contributed by atoms with E-state index in [4.69, 9.17) is 10.2 Å². The molecule has 0 aliphatic heterocycles. The molecule has 0 spiro atoms. The van der Waals surface area contributed by atoms with Gasteiger partial charge in [-0.2, -0.15) is 0 Å². The molecular formula is C15H25NO3. The number of esters is 1. The normalized spacial score (nSPS) is 15.1. The molecule has 4 heteroatoms. The van der Waals surface area contributed by atoms with E-state index in [1.165, 1.54) is 7.11 Å². The summed E-state index contributed by atoms with van der Waals surface area (Å²) in [5, 5.41) is 0. The molecule has 0 saturated heterocycles. The Hall–Kier alpha value is -1.29. The average Bonchev–Trinajstić information content (AvgIpc) is 2.74. The van der Waals surface area contributed by atoms with Gasteiger partial charge in [0.05, 0.1) is 13.2 Å². The highest BCUT2D eigenvalue weighted by Crippen LogP contribution is 2.30. The Kier molecular flexibility index (Phi) is 5.18. The van der Waals surface area contributed by atoms with E-state index in [2.05, 4.69) is 32.4 Å². The minimum atomic E-state index is -0.471. The maximum atomic E-state index is 11.3. The topological polar surface area (TPSA) is 65.5 Å². The molecule has 19 heavy (non-hydrogen) atoms. The molecule has 0 aliphatic rings. The number of methoxy groups -OCH3 is 1. The van der Waals surface area contributed by atoms with Crippen molar-refractivity contribution in [2.24, 2.45) is 17.1 Å². The van der Waals surface area contributed by atoms with Crippen LogP contribution in [0.4, 0.5) is 0 Å². The number of carbonyl (C=O) groups excluding carboxylic acids is 1. The number of hydrogen-bond acceptors (Lipinski definition) is 4. The van der Waals surface area contributed by atoms with Crippen molar-refractivity contribution in [2.75, 3.05) is 7.11 Å². The van der Waals surface area contributed by atoms with Crippen LogP contribution in [0.5, 0.6) is 0 Å². The van der Waals surface area contributed by atoms with E-state index >= 15 is 0 Å². The van der Waals surface area contributed by atoms with Gasteiger partial charge in [-0.1, -0.05) is 27.7 Å². The van der Waals surface area contributed by atoms with Crippen molar-refractivity contribution in [3.63, 3.8) is 0 Å². The van der Waals surface area contributed by atoms with Gasteiger partial charge in [-0.3, -0.25) is 0 Å². The second-order valence-electron chi connectivity index (χ2n) is 6.41. The van der Waals surface area contributed by atoms with Gasteiger partial charge in [-0.25, -0.2) is 4.79 Å². The molecule has 108 valence electrons. The molecule has 2 N–H and O–H groups in total. The molecule has 0 radical (unpaired) electrons. The van der Waals surface area contributed by atoms with Crippen molar-refractivity contribution in [1.82, 2.24) is 0 Å². The number of furan rings is 1. The van der Waals surface area contributed by atoms with Crippen LogP contribution in [0.25, 0.3) is 0 Å². The van der Waals surface area contributed by atoms with Crippen LogP contribution >= 0.6 is 0 Å². The summed E-state index contributed by atoms with van der Waals surface area (Å²) in [6.45, 7) is 8.85. The van der Waals surface area contributed by atoms with Crippen molar-refractivity contribution in [1.29, 1.82) is 0 Å². The summed E-state index contributed by atoms with van der Waals surface area (Å²) in [7, 11) is 1.33. The summed E-state index contributed by atoms with van der Waals surface area (Å²) in [5.74, 6) is 0.875. The maximum absolute atomic E-state index is 11.3. The number of ether oxygens (including phenoxy) is 1. The lowest BCUT2D eigenvalue weighted by Crippen LogP contribution is -2.17. The van der Waals surface area contributed by atoms with Gasteiger partial charge in [0.15, 0.2) is 0 Å². The van der Waals surface area contributed by atoms with Crippen molar-refractivity contribution in [3.05, 3.63) is 23.7 Å². The molecule has 4 nitrogen and oxygen atoms in total.